The first-order valence-corrected chi connectivity index (χ1v) is 7.53. The molecule has 23 heavy (non-hydrogen) atoms. The lowest BCUT2D eigenvalue weighted by molar-refractivity contribution is -0.139. The number of benzene rings is 1. The summed E-state index contributed by atoms with van der Waals surface area (Å²) >= 11 is 6.22. The normalized spacial score (nSPS) is 12.0. The summed E-state index contributed by atoms with van der Waals surface area (Å²) in [6.45, 7) is 6.08. The van der Waals surface area contributed by atoms with E-state index in [1.54, 1.807) is 12.1 Å². The van der Waals surface area contributed by atoms with Crippen LogP contribution in [0.5, 0.6) is 11.5 Å². The third kappa shape index (κ3) is 6.21. The molecule has 0 heterocycles. The highest BCUT2D eigenvalue weighted by molar-refractivity contribution is 6.32. The first-order chi connectivity index (χ1) is 10.9. The molecule has 0 saturated heterocycles. The van der Waals surface area contributed by atoms with Gasteiger partial charge in [-0.3, -0.25) is 0 Å². The van der Waals surface area contributed by atoms with E-state index < -0.39 is 12.1 Å². The first-order valence-electron chi connectivity index (χ1n) is 7.16. The quantitative estimate of drug-likeness (QED) is 0.558. The molecule has 0 aliphatic carbocycles. The van der Waals surface area contributed by atoms with Gasteiger partial charge in [-0.25, -0.2) is 4.79 Å². The second kappa shape index (κ2) is 9.06. The minimum atomic E-state index is -0.794. The zero-order valence-electron chi connectivity index (χ0n) is 13.6. The lowest BCUT2D eigenvalue weighted by Gasteiger charge is -2.14. The molecule has 1 aromatic carbocycles. The molecule has 0 unspecified atom stereocenters. The number of nitriles is 1. The van der Waals surface area contributed by atoms with Crippen molar-refractivity contribution in [3.05, 3.63) is 28.8 Å². The van der Waals surface area contributed by atoms with Gasteiger partial charge in [-0.2, -0.15) is 5.26 Å². The number of carbonyl (C=O) groups excluding carboxylic acids is 1. The molecular formula is C17H20ClNO4. The van der Waals surface area contributed by atoms with Crippen molar-refractivity contribution in [3.63, 3.8) is 0 Å². The molecule has 1 aromatic rings. The molecule has 0 amide bonds. The molecule has 1 rings (SSSR count). The monoisotopic (exact) mass is 337 g/mol. The van der Waals surface area contributed by atoms with Gasteiger partial charge in [0.05, 0.1) is 18.7 Å². The molecule has 0 aliphatic rings. The molecule has 0 saturated carbocycles. The van der Waals surface area contributed by atoms with Gasteiger partial charge in [0.2, 0.25) is 0 Å². The largest absolute Gasteiger partial charge is 0.493 e. The van der Waals surface area contributed by atoms with Gasteiger partial charge in [0.15, 0.2) is 17.6 Å². The minimum Gasteiger partial charge on any atom is -0.493 e. The SMILES string of the molecule is COc1cc(/C=C/C(=O)O[C@@H](C)C#N)cc(Cl)c1OCC(C)C. The lowest BCUT2D eigenvalue weighted by Crippen LogP contribution is -2.10. The molecule has 0 fully saturated rings. The van der Waals surface area contributed by atoms with Crippen molar-refractivity contribution in [3.8, 4) is 17.6 Å². The molecule has 0 aliphatic heterocycles. The van der Waals surface area contributed by atoms with Crippen LogP contribution < -0.4 is 9.47 Å². The number of carbonyl (C=O) groups is 1. The fourth-order valence-corrected chi connectivity index (χ4v) is 1.90. The highest BCUT2D eigenvalue weighted by Crippen LogP contribution is 2.37. The van der Waals surface area contributed by atoms with E-state index in [1.165, 1.54) is 26.2 Å². The Morgan fingerprint density at radius 2 is 2.09 bits per heavy atom. The van der Waals surface area contributed by atoms with Crippen LogP contribution in [0.25, 0.3) is 6.08 Å². The summed E-state index contributed by atoms with van der Waals surface area (Å²) in [6.07, 6.45) is 1.97. The van der Waals surface area contributed by atoms with Crippen LogP contribution in [0.15, 0.2) is 18.2 Å². The Hall–Kier alpha value is -2.19. The Morgan fingerprint density at radius 3 is 2.65 bits per heavy atom. The van der Waals surface area contributed by atoms with E-state index in [4.69, 9.17) is 31.1 Å². The molecule has 0 N–H and O–H groups in total. The molecule has 0 bridgehead atoms. The molecule has 0 spiro atoms. The van der Waals surface area contributed by atoms with E-state index in [2.05, 4.69) is 0 Å². The van der Waals surface area contributed by atoms with Crippen LogP contribution in [0.2, 0.25) is 5.02 Å². The number of hydrogen-bond donors (Lipinski definition) is 0. The van der Waals surface area contributed by atoms with E-state index in [0.29, 0.717) is 34.6 Å². The highest BCUT2D eigenvalue weighted by Gasteiger charge is 2.12. The summed E-state index contributed by atoms with van der Waals surface area (Å²) in [5.41, 5.74) is 0.658. The Kier molecular flexibility index (Phi) is 7.43. The van der Waals surface area contributed by atoms with Crippen LogP contribution in [0.4, 0.5) is 0 Å². The predicted molar refractivity (Wildman–Crippen MR) is 88.5 cm³/mol. The average molecular weight is 338 g/mol. The summed E-state index contributed by atoms with van der Waals surface area (Å²) in [4.78, 5) is 11.5. The van der Waals surface area contributed by atoms with Gasteiger partial charge in [0.25, 0.3) is 0 Å². The van der Waals surface area contributed by atoms with E-state index in [9.17, 15) is 4.79 Å². The maximum atomic E-state index is 11.5. The summed E-state index contributed by atoms with van der Waals surface area (Å²) < 4.78 is 15.8. The molecule has 5 nitrogen and oxygen atoms in total. The highest BCUT2D eigenvalue weighted by atomic mass is 35.5. The van der Waals surface area contributed by atoms with Gasteiger partial charge in [-0.15, -0.1) is 0 Å². The van der Waals surface area contributed by atoms with Crippen molar-refractivity contribution in [2.24, 2.45) is 5.92 Å². The molecular weight excluding hydrogens is 318 g/mol. The van der Waals surface area contributed by atoms with Crippen LogP contribution in [0.3, 0.4) is 0 Å². The summed E-state index contributed by atoms with van der Waals surface area (Å²) in [5.74, 6) is 0.707. The smallest absolute Gasteiger partial charge is 0.332 e. The van der Waals surface area contributed by atoms with Gasteiger partial charge in [0.1, 0.15) is 6.07 Å². The molecule has 6 heteroatoms. The topological polar surface area (TPSA) is 68.5 Å². The number of ether oxygens (including phenoxy) is 3. The number of esters is 1. The molecule has 0 aromatic heterocycles. The van der Waals surface area contributed by atoms with Gasteiger partial charge in [-0.05, 0) is 36.6 Å². The minimum absolute atomic E-state index is 0.354. The zero-order chi connectivity index (χ0) is 17.4. The Morgan fingerprint density at radius 1 is 1.39 bits per heavy atom. The molecule has 1 atom stereocenters. The summed E-state index contributed by atoms with van der Waals surface area (Å²) in [7, 11) is 1.52. The fraction of sp³-hybridized carbons (Fsp3) is 0.412. The number of halogens is 1. The lowest BCUT2D eigenvalue weighted by atomic mass is 10.2. The Labute approximate surface area is 141 Å². The van der Waals surface area contributed by atoms with Crippen molar-refractivity contribution in [2.45, 2.75) is 26.9 Å². The van der Waals surface area contributed by atoms with E-state index in [1.807, 2.05) is 19.9 Å². The van der Waals surface area contributed by atoms with Crippen LogP contribution >= 0.6 is 11.6 Å². The first kappa shape index (κ1) is 18.9. The summed E-state index contributed by atoms with van der Waals surface area (Å²) in [5, 5.41) is 8.99. The van der Waals surface area contributed by atoms with E-state index >= 15 is 0 Å². The number of methoxy groups -OCH3 is 1. The van der Waals surface area contributed by atoms with Crippen molar-refractivity contribution in [1.82, 2.24) is 0 Å². The van der Waals surface area contributed by atoms with Crippen LogP contribution in [0.1, 0.15) is 26.3 Å². The van der Waals surface area contributed by atoms with Gasteiger partial charge in [0, 0.05) is 6.08 Å². The second-order valence-corrected chi connectivity index (χ2v) is 5.69. The maximum absolute atomic E-state index is 11.5. The van der Waals surface area contributed by atoms with Crippen LogP contribution in [-0.2, 0) is 9.53 Å². The number of nitrogens with zero attached hydrogens (tertiary/aromatic N) is 1. The van der Waals surface area contributed by atoms with Crippen molar-refractivity contribution < 1.29 is 19.0 Å². The summed E-state index contributed by atoms with van der Waals surface area (Å²) in [6, 6.07) is 5.19. The Bertz CT molecular complexity index is 620. The predicted octanol–water partition coefficient (Wildman–Crippen LogP) is 3.85. The third-order valence-electron chi connectivity index (χ3n) is 2.70. The standard InChI is InChI=1S/C17H20ClNO4/c1-11(2)10-22-17-14(18)7-13(8-15(17)21-4)5-6-16(20)23-12(3)9-19/h5-8,11-12H,10H2,1-4H3/b6-5+/t12-/m0/s1. The van der Waals surface area contributed by atoms with Gasteiger partial charge in [-0.1, -0.05) is 25.4 Å². The van der Waals surface area contributed by atoms with Crippen LogP contribution in [-0.4, -0.2) is 25.8 Å². The Balaban J connectivity index is 2.91. The zero-order valence-corrected chi connectivity index (χ0v) is 14.4. The number of hydrogen-bond acceptors (Lipinski definition) is 5. The van der Waals surface area contributed by atoms with E-state index in [0.717, 1.165) is 0 Å². The van der Waals surface area contributed by atoms with Crippen molar-refractivity contribution in [1.29, 1.82) is 5.26 Å². The molecule has 0 radical (unpaired) electrons. The van der Waals surface area contributed by atoms with Gasteiger partial charge < -0.3 is 14.2 Å². The number of rotatable bonds is 7. The van der Waals surface area contributed by atoms with Crippen molar-refractivity contribution >= 4 is 23.6 Å². The molecule has 124 valence electrons. The van der Waals surface area contributed by atoms with Crippen LogP contribution in [0, 0.1) is 17.2 Å². The van der Waals surface area contributed by atoms with Crippen molar-refractivity contribution in [2.75, 3.05) is 13.7 Å². The maximum Gasteiger partial charge on any atom is 0.332 e. The van der Waals surface area contributed by atoms with Gasteiger partial charge >= 0.3 is 5.97 Å². The third-order valence-corrected chi connectivity index (χ3v) is 2.98. The van der Waals surface area contributed by atoms with E-state index in [-0.39, 0.29) is 0 Å². The average Bonchev–Trinajstić information content (AvgIpc) is 2.50. The fourth-order valence-electron chi connectivity index (χ4n) is 1.63. The second-order valence-electron chi connectivity index (χ2n) is 5.28.